The Labute approximate surface area is 112 Å². The van der Waals surface area contributed by atoms with Gasteiger partial charge in [-0.25, -0.2) is 4.79 Å². The lowest BCUT2D eigenvalue weighted by Gasteiger charge is -2.17. The first-order valence-corrected chi connectivity index (χ1v) is 6.27. The van der Waals surface area contributed by atoms with Gasteiger partial charge < -0.3 is 16.2 Å². The van der Waals surface area contributed by atoms with Crippen LogP contribution in [0, 0.1) is 5.92 Å². The number of carbonyl (C=O) groups is 2. The summed E-state index contributed by atoms with van der Waals surface area (Å²) >= 11 is 0. The third kappa shape index (κ3) is 4.62. The van der Waals surface area contributed by atoms with Crippen LogP contribution in [0.2, 0.25) is 0 Å². The smallest absolute Gasteiger partial charge is 0.326 e. The van der Waals surface area contributed by atoms with Crippen molar-refractivity contribution in [2.75, 3.05) is 5.73 Å². The number of hydrogen-bond acceptors (Lipinski definition) is 3. The molecule has 0 aromatic heterocycles. The van der Waals surface area contributed by atoms with E-state index in [4.69, 9.17) is 10.8 Å². The summed E-state index contributed by atoms with van der Waals surface area (Å²) in [6.07, 6.45) is 0.730. The van der Waals surface area contributed by atoms with Gasteiger partial charge in [-0.05, 0) is 24.0 Å². The molecule has 0 radical (unpaired) electrons. The van der Waals surface area contributed by atoms with Crippen LogP contribution in [-0.2, 0) is 16.0 Å². The number of aryl methyl sites for hydroxylation is 1. The summed E-state index contributed by atoms with van der Waals surface area (Å²) in [4.78, 5) is 22.7. The molecule has 0 bridgehead atoms. The number of anilines is 1. The van der Waals surface area contributed by atoms with Crippen LogP contribution in [0.5, 0.6) is 0 Å². The Kier molecular flexibility index (Phi) is 5.36. The Hall–Kier alpha value is -2.04. The molecule has 1 aromatic carbocycles. The van der Waals surface area contributed by atoms with Crippen molar-refractivity contribution in [1.82, 2.24) is 5.32 Å². The van der Waals surface area contributed by atoms with Gasteiger partial charge in [0.2, 0.25) is 5.91 Å². The number of nitrogens with one attached hydrogen (secondary N) is 1. The van der Waals surface area contributed by atoms with Crippen molar-refractivity contribution in [2.45, 2.75) is 32.7 Å². The number of nitrogens with two attached hydrogens (primary N) is 1. The van der Waals surface area contributed by atoms with Crippen molar-refractivity contribution >= 4 is 17.6 Å². The lowest BCUT2D eigenvalue weighted by atomic mass is 10.0. The molecule has 0 saturated heterocycles. The highest BCUT2D eigenvalue weighted by Crippen LogP contribution is 2.12. The van der Waals surface area contributed by atoms with Gasteiger partial charge in [-0.1, -0.05) is 32.0 Å². The number of benzene rings is 1. The minimum atomic E-state index is -1.01. The topological polar surface area (TPSA) is 92.4 Å². The standard InChI is InChI=1S/C14H20N2O3/c1-9(2)13(14(18)19)16-12(17)8-7-10-5-3-4-6-11(10)15/h3-6,9,13H,7-8,15H2,1-2H3,(H,16,17)(H,18,19). The van der Waals surface area contributed by atoms with E-state index in [0.717, 1.165) is 5.56 Å². The normalized spacial score (nSPS) is 12.2. The number of aliphatic carboxylic acids is 1. The summed E-state index contributed by atoms with van der Waals surface area (Å²) in [6.45, 7) is 3.52. The second kappa shape index (κ2) is 6.78. The number of para-hydroxylation sites is 1. The van der Waals surface area contributed by atoms with Crippen molar-refractivity contribution in [1.29, 1.82) is 0 Å². The summed E-state index contributed by atoms with van der Waals surface area (Å²) in [6, 6.07) is 6.48. The summed E-state index contributed by atoms with van der Waals surface area (Å²) in [7, 11) is 0. The number of carboxylic acid groups (broad SMARTS) is 1. The molecular formula is C14H20N2O3. The molecule has 1 aromatic rings. The van der Waals surface area contributed by atoms with Gasteiger partial charge in [-0.3, -0.25) is 4.79 Å². The van der Waals surface area contributed by atoms with Crippen LogP contribution in [0.25, 0.3) is 0 Å². The fraction of sp³-hybridized carbons (Fsp3) is 0.429. The van der Waals surface area contributed by atoms with E-state index >= 15 is 0 Å². The zero-order valence-corrected chi connectivity index (χ0v) is 11.2. The number of nitrogen functional groups attached to an aromatic ring is 1. The summed E-state index contributed by atoms with van der Waals surface area (Å²) < 4.78 is 0. The lowest BCUT2D eigenvalue weighted by molar-refractivity contribution is -0.143. The Balaban J connectivity index is 2.52. The minimum absolute atomic E-state index is 0.150. The van der Waals surface area contributed by atoms with Gasteiger partial charge in [-0.2, -0.15) is 0 Å². The Morgan fingerprint density at radius 1 is 1.32 bits per heavy atom. The third-order valence-corrected chi connectivity index (χ3v) is 2.93. The second-order valence-electron chi connectivity index (χ2n) is 4.83. The van der Waals surface area contributed by atoms with Gasteiger partial charge in [0.15, 0.2) is 0 Å². The monoisotopic (exact) mass is 264 g/mol. The van der Waals surface area contributed by atoms with Crippen molar-refractivity contribution in [3.05, 3.63) is 29.8 Å². The molecule has 5 nitrogen and oxygen atoms in total. The molecule has 0 aliphatic heterocycles. The van der Waals surface area contributed by atoms with Gasteiger partial charge in [0.1, 0.15) is 6.04 Å². The maximum absolute atomic E-state index is 11.7. The molecule has 0 heterocycles. The molecule has 0 aliphatic rings. The molecule has 19 heavy (non-hydrogen) atoms. The Morgan fingerprint density at radius 3 is 2.47 bits per heavy atom. The van der Waals surface area contributed by atoms with Crippen LogP contribution in [0.15, 0.2) is 24.3 Å². The van der Waals surface area contributed by atoms with Crippen molar-refractivity contribution < 1.29 is 14.7 Å². The predicted molar refractivity (Wildman–Crippen MR) is 73.6 cm³/mol. The van der Waals surface area contributed by atoms with Gasteiger partial charge in [0, 0.05) is 12.1 Å². The molecule has 5 heteroatoms. The van der Waals surface area contributed by atoms with Crippen molar-refractivity contribution in [3.63, 3.8) is 0 Å². The molecule has 0 fully saturated rings. The summed E-state index contributed by atoms with van der Waals surface area (Å²) in [5, 5.41) is 11.5. The highest BCUT2D eigenvalue weighted by atomic mass is 16.4. The number of carbonyl (C=O) groups excluding carboxylic acids is 1. The minimum Gasteiger partial charge on any atom is -0.480 e. The molecule has 1 atom stereocenters. The highest BCUT2D eigenvalue weighted by molar-refractivity contribution is 5.83. The van der Waals surface area contributed by atoms with Crippen molar-refractivity contribution in [2.24, 2.45) is 5.92 Å². The van der Waals surface area contributed by atoms with E-state index in [1.807, 2.05) is 18.2 Å². The number of hydrogen-bond donors (Lipinski definition) is 3. The van der Waals surface area contributed by atoms with E-state index in [1.54, 1.807) is 19.9 Å². The van der Waals surface area contributed by atoms with Gasteiger partial charge in [-0.15, -0.1) is 0 Å². The largest absolute Gasteiger partial charge is 0.480 e. The zero-order valence-electron chi connectivity index (χ0n) is 11.2. The quantitative estimate of drug-likeness (QED) is 0.678. The van der Waals surface area contributed by atoms with Crippen LogP contribution >= 0.6 is 0 Å². The molecule has 4 N–H and O–H groups in total. The average molecular weight is 264 g/mol. The van der Waals surface area contributed by atoms with Gasteiger partial charge >= 0.3 is 5.97 Å². The summed E-state index contributed by atoms with van der Waals surface area (Å²) in [5.41, 5.74) is 7.32. The van der Waals surface area contributed by atoms with Crippen LogP contribution in [0.4, 0.5) is 5.69 Å². The average Bonchev–Trinajstić information content (AvgIpc) is 2.34. The van der Waals surface area contributed by atoms with Crippen LogP contribution in [-0.4, -0.2) is 23.0 Å². The van der Waals surface area contributed by atoms with Crippen LogP contribution in [0.1, 0.15) is 25.8 Å². The summed E-state index contributed by atoms with van der Waals surface area (Å²) in [5.74, 6) is -1.44. The maximum Gasteiger partial charge on any atom is 0.326 e. The van der Waals surface area contributed by atoms with E-state index in [2.05, 4.69) is 5.32 Å². The van der Waals surface area contributed by atoms with E-state index in [9.17, 15) is 9.59 Å². The van der Waals surface area contributed by atoms with E-state index < -0.39 is 12.0 Å². The molecule has 1 rings (SSSR count). The van der Waals surface area contributed by atoms with Crippen LogP contribution in [0.3, 0.4) is 0 Å². The fourth-order valence-electron chi connectivity index (χ4n) is 1.77. The van der Waals surface area contributed by atoms with E-state index in [1.165, 1.54) is 0 Å². The first-order chi connectivity index (χ1) is 8.91. The molecular weight excluding hydrogens is 244 g/mol. The molecule has 1 unspecified atom stereocenters. The van der Waals surface area contributed by atoms with Crippen LogP contribution < -0.4 is 11.1 Å². The third-order valence-electron chi connectivity index (χ3n) is 2.93. The molecule has 1 amide bonds. The van der Waals surface area contributed by atoms with Gasteiger partial charge in [0.05, 0.1) is 0 Å². The van der Waals surface area contributed by atoms with E-state index in [-0.39, 0.29) is 18.2 Å². The predicted octanol–water partition coefficient (Wildman–Crippen LogP) is 1.43. The first kappa shape index (κ1) is 15.0. The Morgan fingerprint density at radius 2 is 1.95 bits per heavy atom. The van der Waals surface area contributed by atoms with Gasteiger partial charge in [0.25, 0.3) is 0 Å². The molecule has 0 spiro atoms. The fourth-order valence-corrected chi connectivity index (χ4v) is 1.77. The number of carboxylic acids is 1. The maximum atomic E-state index is 11.7. The molecule has 0 aliphatic carbocycles. The molecule has 104 valence electrons. The lowest BCUT2D eigenvalue weighted by Crippen LogP contribution is -2.44. The van der Waals surface area contributed by atoms with Crippen molar-refractivity contribution in [3.8, 4) is 0 Å². The first-order valence-electron chi connectivity index (χ1n) is 6.27. The number of amides is 1. The zero-order chi connectivity index (χ0) is 14.4. The van der Waals surface area contributed by atoms with E-state index in [0.29, 0.717) is 12.1 Å². The highest BCUT2D eigenvalue weighted by Gasteiger charge is 2.23. The SMILES string of the molecule is CC(C)C(NC(=O)CCc1ccccc1N)C(=O)O. The number of rotatable bonds is 6. The second-order valence-corrected chi connectivity index (χ2v) is 4.83. The molecule has 0 saturated carbocycles. The Bertz CT molecular complexity index is 458.